The molecule has 15 heteroatoms. The van der Waals surface area contributed by atoms with E-state index in [4.69, 9.17) is 54.9 Å². The first-order valence-electron chi connectivity index (χ1n) is 12.1. The molecule has 0 aromatic heterocycles. The number of guanidine groups is 1. The molecule has 0 N–H and O–H groups in total. The van der Waals surface area contributed by atoms with Gasteiger partial charge in [-0.15, -0.1) is 27.3 Å². The summed E-state index contributed by atoms with van der Waals surface area (Å²) in [5.74, 6) is 0.117. The van der Waals surface area contributed by atoms with Crippen LogP contribution in [0.2, 0.25) is 0 Å². The van der Waals surface area contributed by atoms with E-state index in [1.165, 1.54) is 17.0 Å². The minimum atomic E-state index is -4.46. The second-order valence-corrected chi connectivity index (χ2v) is 9.78. The monoisotopic (exact) mass is 510 g/mol. The second-order valence-electron chi connectivity index (χ2n) is 9.78. The standard InChI is InChI=1S/C24H16B7F3N4O/c25-16-15(17(26)19(28)20(29)18(16)27)23(30,31)36-7-5-14-13(10-36)21(39)38(22-35-6-8-37(14)22)9-11-1-3-12(4-2-11)24(32,33)34/h1-4H,5-10H2. The highest BCUT2D eigenvalue weighted by Crippen LogP contribution is 2.35. The van der Waals surface area contributed by atoms with Crippen molar-refractivity contribution in [1.29, 1.82) is 0 Å². The maximum absolute atomic E-state index is 13.8. The molecule has 39 heavy (non-hydrogen) atoms. The van der Waals surface area contributed by atoms with Crippen LogP contribution in [0.3, 0.4) is 0 Å². The third-order valence-electron chi connectivity index (χ3n) is 7.45. The lowest BCUT2D eigenvalue weighted by molar-refractivity contribution is -0.137. The number of alkyl halides is 3. The molecule has 3 aliphatic rings. The Bertz CT molecular complexity index is 1400. The fourth-order valence-corrected chi connectivity index (χ4v) is 5.30. The number of carbonyl (C=O) groups excluding carboxylic acids is 1. The smallest absolute Gasteiger partial charge is 0.314 e. The van der Waals surface area contributed by atoms with E-state index in [1.54, 1.807) is 4.90 Å². The van der Waals surface area contributed by atoms with Crippen molar-refractivity contribution in [1.82, 2.24) is 14.7 Å². The summed E-state index contributed by atoms with van der Waals surface area (Å²) in [6.45, 7) is 1.46. The summed E-state index contributed by atoms with van der Waals surface area (Å²) >= 11 is 0. The molecule has 0 unspecified atom stereocenters. The lowest BCUT2D eigenvalue weighted by Crippen LogP contribution is -2.64. The average Bonchev–Trinajstić information content (AvgIpc) is 3.38. The van der Waals surface area contributed by atoms with E-state index >= 15 is 0 Å². The second kappa shape index (κ2) is 9.75. The van der Waals surface area contributed by atoms with E-state index in [2.05, 4.69) is 4.99 Å². The van der Waals surface area contributed by atoms with Crippen LogP contribution >= 0.6 is 0 Å². The SMILES string of the molecule is [B]c1c([B])c([B])c(C([B])([B])N2CCC3=C(C2)C(=O)N(Cc2ccc(C(F)(F)F)cc2)C2=NCCN23)c([B])c1[B]. The molecule has 0 saturated carbocycles. The fourth-order valence-electron chi connectivity index (χ4n) is 5.30. The number of amides is 1. The molecule has 5 rings (SSSR count). The Hall–Kier alpha value is -2.68. The summed E-state index contributed by atoms with van der Waals surface area (Å²) in [5.41, 5.74) is 1.10. The molecule has 3 heterocycles. The number of rotatable bonds is 4. The van der Waals surface area contributed by atoms with Crippen LogP contribution in [0.1, 0.15) is 23.1 Å². The van der Waals surface area contributed by atoms with Gasteiger partial charge < -0.3 is 9.80 Å². The lowest BCUT2D eigenvalue weighted by atomic mass is 9.48. The van der Waals surface area contributed by atoms with Crippen molar-refractivity contribution in [2.45, 2.75) is 24.5 Å². The van der Waals surface area contributed by atoms with Crippen LogP contribution in [0.15, 0.2) is 40.5 Å². The van der Waals surface area contributed by atoms with Crippen LogP contribution in [-0.4, -0.2) is 108 Å². The van der Waals surface area contributed by atoms with Crippen molar-refractivity contribution in [3.8, 4) is 0 Å². The van der Waals surface area contributed by atoms with Gasteiger partial charge in [-0.1, -0.05) is 17.7 Å². The molecule has 0 atom stereocenters. The number of hydrogen-bond donors (Lipinski definition) is 0. The van der Waals surface area contributed by atoms with Gasteiger partial charge in [0.15, 0.2) is 0 Å². The average molecular weight is 509 g/mol. The van der Waals surface area contributed by atoms with Crippen molar-refractivity contribution in [3.05, 3.63) is 52.2 Å². The largest absolute Gasteiger partial charge is 0.416 e. The van der Waals surface area contributed by atoms with Crippen LogP contribution in [0.5, 0.6) is 0 Å². The van der Waals surface area contributed by atoms with Crippen LogP contribution in [0.25, 0.3) is 0 Å². The first kappa shape index (κ1) is 27.9. The Labute approximate surface area is 234 Å². The Morgan fingerprint density at radius 3 is 2.05 bits per heavy atom. The summed E-state index contributed by atoms with van der Waals surface area (Å²) in [7, 11) is 43.6. The topological polar surface area (TPSA) is 39.2 Å². The molecule has 2 aromatic rings. The van der Waals surface area contributed by atoms with Gasteiger partial charge in [0.1, 0.15) is 39.2 Å². The highest BCUT2D eigenvalue weighted by Gasteiger charge is 2.43. The number of halogens is 3. The lowest BCUT2D eigenvalue weighted by Gasteiger charge is -2.49. The zero-order valence-corrected chi connectivity index (χ0v) is 20.9. The number of fused-ring (bicyclic) bond motifs is 2. The number of aliphatic imine (C=N–C) groups is 1. The molecule has 0 spiro atoms. The highest BCUT2D eigenvalue weighted by molar-refractivity contribution is 6.68. The van der Waals surface area contributed by atoms with E-state index in [-0.39, 0.29) is 51.9 Å². The Kier molecular flexibility index (Phi) is 6.97. The summed E-state index contributed by atoms with van der Waals surface area (Å²) in [6, 6.07) is 4.67. The minimum Gasteiger partial charge on any atom is -0.314 e. The van der Waals surface area contributed by atoms with E-state index in [0.29, 0.717) is 43.2 Å². The maximum atomic E-state index is 13.8. The van der Waals surface area contributed by atoms with Crippen molar-refractivity contribution in [2.24, 2.45) is 4.99 Å². The molecule has 180 valence electrons. The van der Waals surface area contributed by atoms with E-state index in [1.807, 2.05) is 4.90 Å². The van der Waals surface area contributed by atoms with Gasteiger partial charge in [0, 0.05) is 31.8 Å². The van der Waals surface area contributed by atoms with E-state index in [9.17, 15) is 18.0 Å². The Morgan fingerprint density at radius 2 is 1.46 bits per heavy atom. The molecule has 0 saturated heterocycles. The maximum Gasteiger partial charge on any atom is 0.416 e. The molecule has 0 bridgehead atoms. The van der Waals surface area contributed by atoms with Crippen molar-refractivity contribution in [2.75, 3.05) is 26.2 Å². The first-order valence-corrected chi connectivity index (χ1v) is 12.1. The van der Waals surface area contributed by atoms with Gasteiger partial charge in [0.25, 0.3) is 5.91 Å². The van der Waals surface area contributed by atoms with Gasteiger partial charge in [-0.3, -0.25) is 14.7 Å². The van der Waals surface area contributed by atoms with Gasteiger partial charge >= 0.3 is 6.18 Å². The molecular weight excluding hydrogens is 493 g/mol. The van der Waals surface area contributed by atoms with Crippen LogP contribution in [0, 0.1) is 0 Å². The zero-order chi connectivity index (χ0) is 28.4. The summed E-state index contributed by atoms with van der Waals surface area (Å²) in [5, 5.41) is -1.76. The molecule has 0 fully saturated rings. The normalized spacial score (nSPS) is 18.3. The molecule has 3 aliphatic heterocycles. The molecule has 1 amide bonds. The quantitative estimate of drug-likeness (QED) is 0.408. The van der Waals surface area contributed by atoms with Gasteiger partial charge in [-0.05, 0) is 23.0 Å². The van der Waals surface area contributed by atoms with Gasteiger partial charge in [-0.25, -0.2) is 0 Å². The predicted molar refractivity (Wildman–Crippen MR) is 151 cm³/mol. The van der Waals surface area contributed by atoms with Crippen molar-refractivity contribution in [3.63, 3.8) is 0 Å². The summed E-state index contributed by atoms with van der Waals surface area (Å²) in [6.07, 6.45) is -4.04. The van der Waals surface area contributed by atoms with Crippen LogP contribution in [0.4, 0.5) is 13.2 Å². The minimum absolute atomic E-state index is 0.00293. The first-order chi connectivity index (χ1) is 18.2. The Balaban J connectivity index is 1.47. The summed E-state index contributed by atoms with van der Waals surface area (Å²) < 4.78 is 39.0. The molecule has 14 radical (unpaired) electrons. The predicted octanol–water partition coefficient (Wildman–Crippen LogP) is -3.20. The highest BCUT2D eigenvalue weighted by atomic mass is 19.4. The van der Waals surface area contributed by atoms with E-state index in [0.717, 1.165) is 17.8 Å². The third-order valence-corrected chi connectivity index (χ3v) is 7.45. The van der Waals surface area contributed by atoms with E-state index < -0.39 is 17.1 Å². The third kappa shape index (κ3) is 4.60. The molecular formula is C24H16B7F3N4O. The number of carbonyl (C=O) groups is 1. The molecule has 0 aliphatic carbocycles. The van der Waals surface area contributed by atoms with Gasteiger partial charge in [0.2, 0.25) is 5.96 Å². The van der Waals surface area contributed by atoms with Crippen molar-refractivity contribution >= 4 is 94.1 Å². The van der Waals surface area contributed by atoms with Gasteiger partial charge in [0.05, 0.1) is 39.9 Å². The number of nitrogens with zero attached hydrogens (tertiary/aromatic N) is 4. The fraction of sp³-hybridized carbons (Fsp3) is 0.333. The summed E-state index contributed by atoms with van der Waals surface area (Å²) in [4.78, 5) is 23.3. The van der Waals surface area contributed by atoms with Gasteiger partial charge in [-0.2, -0.15) is 13.2 Å². The van der Waals surface area contributed by atoms with Crippen molar-refractivity contribution < 1.29 is 18.0 Å². The number of hydrogen-bond acceptors (Lipinski definition) is 4. The van der Waals surface area contributed by atoms with Crippen LogP contribution < -0.4 is 27.3 Å². The Morgan fingerprint density at radius 1 is 0.872 bits per heavy atom. The number of benzene rings is 2. The molecule has 2 aromatic carbocycles. The molecule has 5 nitrogen and oxygen atoms in total. The van der Waals surface area contributed by atoms with Crippen LogP contribution in [-0.2, 0) is 22.9 Å². The zero-order valence-electron chi connectivity index (χ0n) is 20.9.